The minimum Gasteiger partial charge on any atom is -0.481 e. The van der Waals surface area contributed by atoms with E-state index in [0.717, 1.165) is 26.9 Å². The first-order valence-electron chi connectivity index (χ1n) is 9.54. The van der Waals surface area contributed by atoms with E-state index < -0.39 is 0 Å². The fourth-order valence-electron chi connectivity index (χ4n) is 3.40. The van der Waals surface area contributed by atoms with Gasteiger partial charge in [0.25, 0.3) is 0 Å². The number of nitrogens with zero attached hydrogens (tertiary/aromatic N) is 4. The van der Waals surface area contributed by atoms with E-state index in [0.29, 0.717) is 5.88 Å². The Morgan fingerprint density at radius 1 is 0.833 bits per heavy atom. The molecular weight excluding hydrogens is 487 g/mol. The third-order valence-electron chi connectivity index (χ3n) is 4.84. The molecular formula is C24H21IN4O. The highest BCUT2D eigenvalue weighted by Gasteiger charge is 2.25. The van der Waals surface area contributed by atoms with Gasteiger partial charge in [-0.3, -0.25) is 9.97 Å². The van der Waals surface area contributed by atoms with Crippen LogP contribution in [0.3, 0.4) is 0 Å². The lowest BCUT2D eigenvalue weighted by molar-refractivity contribution is 0.398. The molecule has 3 heterocycles. The number of benzene rings is 1. The summed E-state index contributed by atoms with van der Waals surface area (Å²) in [5, 5.41) is 0. The van der Waals surface area contributed by atoms with Crippen LogP contribution in [0.5, 0.6) is 5.88 Å². The van der Waals surface area contributed by atoms with Gasteiger partial charge in [-0.15, -0.1) is 0 Å². The van der Waals surface area contributed by atoms with Gasteiger partial charge in [-0.05, 0) is 41.0 Å². The quantitative estimate of drug-likeness (QED) is 0.235. The molecule has 30 heavy (non-hydrogen) atoms. The first-order chi connectivity index (χ1) is 14.8. The van der Waals surface area contributed by atoms with Crippen LogP contribution in [0.2, 0.25) is 0 Å². The van der Waals surface area contributed by atoms with E-state index in [4.69, 9.17) is 4.74 Å². The molecule has 150 valence electrons. The number of hydrogen-bond acceptors (Lipinski definition) is 5. The Morgan fingerprint density at radius 2 is 1.57 bits per heavy atom. The van der Waals surface area contributed by atoms with Crippen molar-refractivity contribution < 1.29 is 4.74 Å². The second kappa shape index (κ2) is 9.67. The Bertz CT molecular complexity index is 969. The summed E-state index contributed by atoms with van der Waals surface area (Å²) in [4.78, 5) is 15.4. The molecule has 0 saturated carbocycles. The normalized spacial score (nSPS) is 11.7. The molecule has 0 fully saturated rings. The molecule has 0 N–H and O–H groups in total. The lowest BCUT2D eigenvalue weighted by Crippen LogP contribution is -2.25. The molecule has 0 saturated heterocycles. The Kier molecular flexibility index (Phi) is 6.53. The third kappa shape index (κ3) is 4.43. The maximum absolute atomic E-state index is 5.26. The monoisotopic (exact) mass is 508 g/mol. The minimum absolute atomic E-state index is 0.0960. The molecule has 0 aliphatic heterocycles. The highest BCUT2D eigenvalue weighted by atomic mass is 127. The second-order valence-corrected chi connectivity index (χ2v) is 7.47. The molecule has 0 bridgehead atoms. The zero-order valence-corrected chi connectivity index (χ0v) is 18.7. The van der Waals surface area contributed by atoms with Gasteiger partial charge >= 0.3 is 0 Å². The van der Waals surface area contributed by atoms with Crippen LogP contribution in [-0.2, 0) is 4.43 Å². The van der Waals surface area contributed by atoms with Gasteiger partial charge in [-0.2, -0.15) is 0 Å². The molecule has 1 atom stereocenters. The van der Waals surface area contributed by atoms with Gasteiger partial charge in [0.15, 0.2) is 0 Å². The zero-order valence-electron chi connectivity index (χ0n) is 16.5. The summed E-state index contributed by atoms with van der Waals surface area (Å²) in [7, 11) is 1.62. The van der Waals surface area contributed by atoms with Crippen LogP contribution in [0.1, 0.15) is 22.7 Å². The molecule has 3 aromatic heterocycles. The van der Waals surface area contributed by atoms with Crippen molar-refractivity contribution in [2.24, 2.45) is 0 Å². The molecule has 0 spiro atoms. The van der Waals surface area contributed by atoms with Crippen molar-refractivity contribution in [3.05, 3.63) is 108 Å². The van der Waals surface area contributed by atoms with Gasteiger partial charge in [-0.1, -0.05) is 52.9 Å². The Labute approximate surface area is 189 Å². The first-order valence-corrected chi connectivity index (χ1v) is 11.1. The van der Waals surface area contributed by atoms with E-state index in [9.17, 15) is 0 Å². The maximum Gasteiger partial charge on any atom is 0.213 e. The van der Waals surface area contributed by atoms with Crippen molar-refractivity contribution in [1.29, 1.82) is 0 Å². The van der Waals surface area contributed by atoms with Gasteiger partial charge in [-0.25, -0.2) is 4.98 Å². The van der Waals surface area contributed by atoms with Crippen LogP contribution in [0.4, 0.5) is 11.4 Å². The molecule has 0 aliphatic rings. The van der Waals surface area contributed by atoms with Crippen LogP contribution in [-0.4, -0.2) is 22.1 Å². The fraction of sp³-hybridized carbons (Fsp3) is 0.125. The van der Waals surface area contributed by atoms with Crippen molar-refractivity contribution in [1.82, 2.24) is 15.0 Å². The summed E-state index contributed by atoms with van der Waals surface area (Å²) >= 11 is 2.38. The highest BCUT2D eigenvalue weighted by molar-refractivity contribution is 14.1. The average molecular weight is 508 g/mol. The molecule has 1 aromatic carbocycles. The van der Waals surface area contributed by atoms with Crippen molar-refractivity contribution >= 4 is 34.0 Å². The fourth-order valence-corrected chi connectivity index (χ4v) is 3.91. The van der Waals surface area contributed by atoms with E-state index in [1.54, 1.807) is 19.5 Å². The topological polar surface area (TPSA) is 51.1 Å². The second-order valence-electron chi connectivity index (χ2n) is 6.70. The summed E-state index contributed by atoms with van der Waals surface area (Å²) in [6.45, 7) is 0. The van der Waals surface area contributed by atoms with Gasteiger partial charge in [0.05, 0.1) is 36.9 Å². The Hall–Kier alpha value is -3.00. The van der Waals surface area contributed by atoms with E-state index in [2.05, 4.69) is 78.8 Å². The molecule has 0 radical (unpaired) electrons. The number of alkyl halides is 1. The van der Waals surface area contributed by atoms with Crippen molar-refractivity contribution in [3.8, 4) is 5.88 Å². The zero-order chi connectivity index (χ0) is 20.8. The van der Waals surface area contributed by atoms with Gasteiger partial charge in [0, 0.05) is 29.1 Å². The Morgan fingerprint density at radius 3 is 2.13 bits per heavy atom. The standard InChI is InChI=1S/C24H21IN4O/c1-30-23-11-10-22(17-28-23)29(21-5-3-13-27-16-21)24(20-4-2-12-26-15-20)19-8-6-18(14-25)7-9-19/h2-13,15-17,24H,14H2,1H3. The van der Waals surface area contributed by atoms with E-state index >= 15 is 0 Å². The number of pyridine rings is 3. The highest BCUT2D eigenvalue weighted by Crippen LogP contribution is 2.38. The number of hydrogen-bond donors (Lipinski definition) is 0. The molecule has 4 aromatic rings. The minimum atomic E-state index is -0.0960. The number of aromatic nitrogens is 3. The number of rotatable bonds is 7. The molecule has 4 rings (SSSR count). The number of halogens is 1. The predicted molar refractivity (Wildman–Crippen MR) is 127 cm³/mol. The summed E-state index contributed by atoms with van der Waals surface area (Å²) < 4.78 is 6.23. The smallest absolute Gasteiger partial charge is 0.213 e. The first kappa shape index (κ1) is 20.3. The SMILES string of the molecule is COc1ccc(N(c2cccnc2)C(c2ccc(CI)cc2)c2cccnc2)cn1. The van der Waals surface area contributed by atoms with E-state index in [1.165, 1.54) is 5.56 Å². The van der Waals surface area contributed by atoms with Gasteiger partial charge in [0.2, 0.25) is 5.88 Å². The Balaban J connectivity index is 1.89. The summed E-state index contributed by atoms with van der Waals surface area (Å²) in [6, 6.07) is 20.6. The lowest BCUT2D eigenvalue weighted by atomic mass is 9.96. The van der Waals surface area contributed by atoms with Crippen molar-refractivity contribution in [2.45, 2.75) is 10.5 Å². The maximum atomic E-state index is 5.26. The van der Waals surface area contributed by atoms with Gasteiger partial charge in [0.1, 0.15) is 0 Å². The number of methoxy groups -OCH3 is 1. The van der Waals surface area contributed by atoms with E-state index in [-0.39, 0.29) is 6.04 Å². The predicted octanol–water partition coefficient (Wildman–Crippen LogP) is 5.74. The molecule has 5 nitrogen and oxygen atoms in total. The third-order valence-corrected chi connectivity index (χ3v) is 5.72. The van der Waals surface area contributed by atoms with Crippen LogP contribution in [0.15, 0.2) is 91.6 Å². The van der Waals surface area contributed by atoms with Crippen molar-refractivity contribution in [3.63, 3.8) is 0 Å². The summed E-state index contributed by atoms with van der Waals surface area (Å²) in [6.07, 6.45) is 9.18. The van der Waals surface area contributed by atoms with Crippen molar-refractivity contribution in [2.75, 3.05) is 12.0 Å². The molecule has 1 unspecified atom stereocenters. The molecule has 6 heteroatoms. The molecule has 0 amide bonds. The number of anilines is 2. The average Bonchev–Trinajstić information content (AvgIpc) is 2.84. The largest absolute Gasteiger partial charge is 0.481 e. The summed E-state index contributed by atoms with van der Waals surface area (Å²) in [5.74, 6) is 0.578. The van der Waals surface area contributed by atoms with Crippen LogP contribution >= 0.6 is 22.6 Å². The van der Waals surface area contributed by atoms with Gasteiger partial charge < -0.3 is 9.64 Å². The van der Waals surface area contributed by atoms with Crippen LogP contribution < -0.4 is 9.64 Å². The summed E-state index contributed by atoms with van der Waals surface area (Å²) in [5.41, 5.74) is 5.45. The number of ether oxygens (including phenoxy) is 1. The lowest BCUT2D eigenvalue weighted by Gasteiger charge is -2.34. The van der Waals surface area contributed by atoms with E-state index in [1.807, 2.05) is 42.9 Å². The molecule has 0 aliphatic carbocycles. The van der Waals surface area contributed by atoms with Crippen LogP contribution in [0, 0.1) is 0 Å². The van der Waals surface area contributed by atoms with Crippen LogP contribution in [0.25, 0.3) is 0 Å².